The standard InChI is InChI=1S/C14H14ClN3O4/c1-21-13(19)8-16-14(20)11-6-7-17-18(11)9-22-12-5-3-2-4-10(12)15/h2-7H,8-9H2,1H3,(H,16,20). The van der Waals surface area contributed by atoms with E-state index < -0.39 is 11.9 Å². The van der Waals surface area contributed by atoms with E-state index in [4.69, 9.17) is 16.3 Å². The van der Waals surface area contributed by atoms with E-state index >= 15 is 0 Å². The summed E-state index contributed by atoms with van der Waals surface area (Å²) >= 11 is 5.98. The van der Waals surface area contributed by atoms with Gasteiger partial charge in [0.25, 0.3) is 5.91 Å². The number of ether oxygens (including phenoxy) is 2. The van der Waals surface area contributed by atoms with Gasteiger partial charge in [-0.1, -0.05) is 23.7 Å². The lowest BCUT2D eigenvalue weighted by atomic mass is 10.3. The van der Waals surface area contributed by atoms with Crippen LogP contribution in [0.3, 0.4) is 0 Å². The number of carbonyl (C=O) groups excluding carboxylic acids is 2. The Bertz CT molecular complexity index is 672. The predicted octanol–water partition coefficient (Wildman–Crippen LogP) is 1.48. The van der Waals surface area contributed by atoms with Crippen molar-refractivity contribution < 1.29 is 19.1 Å². The van der Waals surface area contributed by atoms with Crippen LogP contribution in [0.25, 0.3) is 0 Å². The van der Waals surface area contributed by atoms with Crippen LogP contribution in [-0.4, -0.2) is 35.3 Å². The molecule has 0 saturated carbocycles. The summed E-state index contributed by atoms with van der Waals surface area (Å²) in [5, 5.41) is 6.89. The van der Waals surface area contributed by atoms with Crippen LogP contribution >= 0.6 is 11.6 Å². The molecule has 0 unspecified atom stereocenters. The van der Waals surface area contributed by atoms with Crippen molar-refractivity contribution in [1.82, 2.24) is 15.1 Å². The topological polar surface area (TPSA) is 82.5 Å². The largest absolute Gasteiger partial charge is 0.470 e. The normalized spacial score (nSPS) is 10.1. The Hall–Kier alpha value is -2.54. The number of aromatic nitrogens is 2. The summed E-state index contributed by atoms with van der Waals surface area (Å²) in [5.74, 6) is -0.502. The number of para-hydroxylation sites is 1. The molecular formula is C14H14ClN3O4. The molecule has 0 spiro atoms. The summed E-state index contributed by atoms with van der Waals surface area (Å²) in [4.78, 5) is 23.0. The molecular weight excluding hydrogens is 310 g/mol. The number of hydrogen-bond acceptors (Lipinski definition) is 5. The van der Waals surface area contributed by atoms with Crippen molar-refractivity contribution in [1.29, 1.82) is 0 Å². The zero-order valence-electron chi connectivity index (χ0n) is 11.8. The summed E-state index contributed by atoms with van der Waals surface area (Å²) in [6.45, 7) is -0.205. The number of carbonyl (C=O) groups is 2. The molecule has 2 aromatic rings. The van der Waals surface area contributed by atoms with E-state index in [9.17, 15) is 9.59 Å². The van der Waals surface area contributed by atoms with Gasteiger partial charge in [0, 0.05) is 6.20 Å². The van der Waals surface area contributed by atoms with Crippen molar-refractivity contribution in [3.63, 3.8) is 0 Å². The summed E-state index contributed by atoms with van der Waals surface area (Å²) in [5.41, 5.74) is 0.260. The first-order valence-corrected chi connectivity index (χ1v) is 6.73. The number of rotatable bonds is 6. The Labute approximate surface area is 131 Å². The molecule has 1 amide bonds. The van der Waals surface area contributed by atoms with Gasteiger partial charge in [0.15, 0.2) is 6.73 Å². The molecule has 7 nitrogen and oxygen atoms in total. The van der Waals surface area contributed by atoms with E-state index in [1.165, 1.54) is 24.1 Å². The molecule has 0 fully saturated rings. The second-order valence-electron chi connectivity index (χ2n) is 4.18. The van der Waals surface area contributed by atoms with Crippen LogP contribution in [0.1, 0.15) is 10.5 Å². The van der Waals surface area contributed by atoms with Crippen molar-refractivity contribution in [2.45, 2.75) is 6.73 Å². The van der Waals surface area contributed by atoms with Gasteiger partial charge in [0.2, 0.25) is 0 Å². The van der Waals surface area contributed by atoms with Gasteiger partial charge in [0.1, 0.15) is 18.0 Å². The Morgan fingerprint density at radius 2 is 2.09 bits per heavy atom. The Balaban J connectivity index is 1.99. The van der Waals surface area contributed by atoms with Crippen LogP contribution in [-0.2, 0) is 16.3 Å². The number of benzene rings is 1. The third kappa shape index (κ3) is 3.98. The molecule has 1 aromatic carbocycles. The van der Waals surface area contributed by atoms with Gasteiger partial charge in [-0.05, 0) is 18.2 Å². The summed E-state index contributed by atoms with van der Waals surface area (Å²) in [7, 11) is 1.25. The molecule has 116 valence electrons. The van der Waals surface area contributed by atoms with Gasteiger partial charge in [-0.15, -0.1) is 0 Å². The molecule has 8 heteroatoms. The van der Waals surface area contributed by atoms with Crippen LogP contribution in [0.2, 0.25) is 5.02 Å². The molecule has 1 N–H and O–H groups in total. The average molecular weight is 324 g/mol. The summed E-state index contributed by atoms with van der Waals surface area (Å²) in [6, 6.07) is 8.50. The fourth-order valence-corrected chi connectivity index (χ4v) is 1.83. The highest BCUT2D eigenvalue weighted by Gasteiger charge is 2.14. The number of esters is 1. The minimum atomic E-state index is -0.535. The zero-order chi connectivity index (χ0) is 15.9. The average Bonchev–Trinajstić information content (AvgIpc) is 3.00. The summed E-state index contributed by atoms with van der Waals surface area (Å²) < 4.78 is 11.3. The number of amides is 1. The highest BCUT2D eigenvalue weighted by Crippen LogP contribution is 2.23. The van der Waals surface area contributed by atoms with Crippen molar-refractivity contribution in [3.8, 4) is 5.75 Å². The molecule has 22 heavy (non-hydrogen) atoms. The van der Waals surface area contributed by atoms with Crippen molar-refractivity contribution in [2.75, 3.05) is 13.7 Å². The zero-order valence-corrected chi connectivity index (χ0v) is 12.5. The lowest BCUT2D eigenvalue weighted by molar-refractivity contribution is -0.139. The predicted molar refractivity (Wildman–Crippen MR) is 78.7 cm³/mol. The van der Waals surface area contributed by atoms with Crippen molar-refractivity contribution in [3.05, 3.63) is 47.2 Å². The molecule has 0 saturated heterocycles. The molecule has 0 aliphatic heterocycles. The third-order valence-corrected chi connectivity index (χ3v) is 3.06. The molecule has 0 atom stereocenters. The van der Waals surface area contributed by atoms with E-state index in [0.29, 0.717) is 10.8 Å². The second-order valence-corrected chi connectivity index (χ2v) is 4.59. The molecule has 0 radical (unpaired) electrons. The highest BCUT2D eigenvalue weighted by atomic mass is 35.5. The number of nitrogens with one attached hydrogen (secondary N) is 1. The van der Waals surface area contributed by atoms with Gasteiger partial charge < -0.3 is 14.8 Å². The van der Waals surface area contributed by atoms with E-state index in [1.807, 2.05) is 0 Å². The molecule has 0 aliphatic rings. The fourth-order valence-electron chi connectivity index (χ4n) is 1.64. The van der Waals surface area contributed by atoms with E-state index in [-0.39, 0.29) is 19.0 Å². The SMILES string of the molecule is COC(=O)CNC(=O)c1ccnn1COc1ccccc1Cl. The monoisotopic (exact) mass is 323 g/mol. The summed E-state index contributed by atoms with van der Waals surface area (Å²) in [6.07, 6.45) is 1.46. The van der Waals surface area contributed by atoms with Gasteiger partial charge >= 0.3 is 5.97 Å². The van der Waals surface area contributed by atoms with Crippen LogP contribution in [0.4, 0.5) is 0 Å². The van der Waals surface area contributed by atoms with Crippen molar-refractivity contribution >= 4 is 23.5 Å². The number of halogens is 1. The minimum absolute atomic E-state index is 0.0116. The first kappa shape index (κ1) is 15.8. The van der Waals surface area contributed by atoms with E-state index in [1.54, 1.807) is 24.3 Å². The molecule has 2 rings (SSSR count). The molecule has 0 bridgehead atoms. The van der Waals surface area contributed by atoms with Gasteiger partial charge in [-0.2, -0.15) is 5.10 Å². The second kappa shape index (κ2) is 7.46. The smallest absolute Gasteiger partial charge is 0.325 e. The van der Waals surface area contributed by atoms with Gasteiger partial charge in [-0.3, -0.25) is 9.59 Å². The first-order chi connectivity index (χ1) is 10.6. The molecule has 0 aliphatic carbocycles. The highest BCUT2D eigenvalue weighted by molar-refractivity contribution is 6.32. The van der Waals surface area contributed by atoms with Crippen LogP contribution in [0, 0.1) is 0 Å². The van der Waals surface area contributed by atoms with Crippen LogP contribution in [0.15, 0.2) is 36.5 Å². The van der Waals surface area contributed by atoms with Crippen LogP contribution < -0.4 is 10.1 Å². The Kier molecular flexibility index (Phi) is 5.37. The third-order valence-electron chi connectivity index (χ3n) is 2.75. The van der Waals surface area contributed by atoms with Gasteiger partial charge in [0.05, 0.1) is 12.1 Å². The quantitative estimate of drug-likeness (QED) is 0.814. The maximum atomic E-state index is 12.0. The lowest BCUT2D eigenvalue weighted by Crippen LogP contribution is -2.32. The molecule has 1 aromatic heterocycles. The van der Waals surface area contributed by atoms with E-state index in [0.717, 1.165) is 0 Å². The number of hydrogen-bond donors (Lipinski definition) is 1. The Morgan fingerprint density at radius 3 is 2.82 bits per heavy atom. The van der Waals surface area contributed by atoms with Crippen molar-refractivity contribution in [2.24, 2.45) is 0 Å². The minimum Gasteiger partial charge on any atom is -0.470 e. The van der Waals surface area contributed by atoms with E-state index in [2.05, 4.69) is 15.2 Å². The first-order valence-electron chi connectivity index (χ1n) is 6.36. The number of methoxy groups -OCH3 is 1. The fraction of sp³-hybridized carbons (Fsp3) is 0.214. The van der Waals surface area contributed by atoms with Crippen LogP contribution in [0.5, 0.6) is 5.75 Å². The number of nitrogens with zero attached hydrogens (tertiary/aromatic N) is 2. The Morgan fingerprint density at radius 1 is 1.32 bits per heavy atom. The van der Waals surface area contributed by atoms with Gasteiger partial charge in [-0.25, -0.2) is 4.68 Å². The maximum Gasteiger partial charge on any atom is 0.325 e. The molecule has 1 heterocycles. The lowest BCUT2D eigenvalue weighted by Gasteiger charge is -2.10. The maximum absolute atomic E-state index is 12.0.